The molecule has 2 unspecified atom stereocenters. The van der Waals surface area contributed by atoms with E-state index in [9.17, 15) is 10.1 Å². The molecule has 3 rings (SSSR count). The van der Waals surface area contributed by atoms with Gasteiger partial charge in [0, 0.05) is 21.7 Å². The molecule has 1 aliphatic rings. The predicted octanol–water partition coefficient (Wildman–Crippen LogP) is 2.58. The second-order valence-electron chi connectivity index (χ2n) is 6.00. The molecule has 0 aliphatic carbocycles. The van der Waals surface area contributed by atoms with Crippen molar-refractivity contribution in [2.24, 2.45) is 15.7 Å². The maximum Gasteiger partial charge on any atom is 0.304 e. The van der Waals surface area contributed by atoms with E-state index in [1.165, 1.54) is 14.2 Å². The van der Waals surface area contributed by atoms with Crippen molar-refractivity contribution in [1.29, 1.82) is 0 Å². The first-order valence-corrected chi connectivity index (χ1v) is 8.86. The molecule has 0 saturated carbocycles. The summed E-state index contributed by atoms with van der Waals surface area (Å²) in [5, 5.41) is 18.0. The summed E-state index contributed by atoms with van der Waals surface area (Å²) in [5.41, 5.74) is 7.01. The zero-order valence-corrected chi connectivity index (χ0v) is 16.4. The van der Waals surface area contributed by atoms with Crippen LogP contribution in [0.15, 0.2) is 52.4 Å². The highest BCUT2D eigenvalue weighted by Crippen LogP contribution is 2.29. The standard InChI is InChI=1S/C18H19ClN6O4/c1-28-12-6-7-14(29-2)13(9-12)22-17-15(25(26)27)16(20)23-18(24-17)21-11-5-3-4-10(19)8-11/h3-9,15-16H,20H2,1-2H3,(H2,21,22,23,24). The molecule has 152 valence electrons. The van der Waals surface area contributed by atoms with Gasteiger partial charge in [-0.1, -0.05) is 17.7 Å². The van der Waals surface area contributed by atoms with Crippen molar-refractivity contribution >= 4 is 34.8 Å². The minimum Gasteiger partial charge on any atom is -0.497 e. The summed E-state index contributed by atoms with van der Waals surface area (Å²) in [5.74, 6) is 1.12. The van der Waals surface area contributed by atoms with Gasteiger partial charge in [0.15, 0.2) is 12.0 Å². The summed E-state index contributed by atoms with van der Waals surface area (Å²) in [7, 11) is 3.00. The van der Waals surface area contributed by atoms with Crippen LogP contribution in [0, 0.1) is 10.1 Å². The molecule has 0 saturated heterocycles. The molecule has 0 bridgehead atoms. The number of nitrogens with two attached hydrogens (primary N) is 1. The molecule has 0 radical (unpaired) electrons. The number of anilines is 2. The average molecular weight is 419 g/mol. The van der Waals surface area contributed by atoms with Crippen LogP contribution in [0.1, 0.15) is 0 Å². The summed E-state index contributed by atoms with van der Waals surface area (Å²) in [4.78, 5) is 19.4. The van der Waals surface area contributed by atoms with Crippen LogP contribution in [0.4, 0.5) is 11.4 Å². The molecular weight excluding hydrogens is 400 g/mol. The number of guanidine groups is 1. The summed E-state index contributed by atoms with van der Waals surface area (Å²) in [6.45, 7) is 0. The molecule has 0 spiro atoms. The second-order valence-corrected chi connectivity index (χ2v) is 6.43. The van der Waals surface area contributed by atoms with E-state index in [2.05, 4.69) is 20.6 Å². The van der Waals surface area contributed by atoms with Gasteiger partial charge in [-0.3, -0.25) is 10.1 Å². The Balaban J connectivity index is 1.95. The number of nitrogens with one attached hydrogen (secondary N) is 2. The number of ether oxygens (including phenoxy) is 2. The maximum absolute atomic E-state index is 11.6. The number of halogens is 1. The van der Waals surface area contributed by atoms with Crippen molar-refractivity contribution in [2.75, 3.05) is 24.9 Å². The zero-order chi connectivity index (χ0) is 21.0. The highest BCUT2D eigenvalue weighted by molar-refractivity contribution is 6.31. The Hall–Kier alpha value is -3.37. The Morgan fingerprint density at radius 3 is 2.62 bits per heavy atom. The van der Waals surface area contributed by atoms with Gasteiger partial charge < -0.3 is 25.8 Å². The third-order valence-electron chi connectivity index (χ3n) is 4.08. The van der Waals surface area contributed by atoms with Gasteiger partial charge in [0.05, 0.1) is 19.9 Å². The van der Waals surface area contributed by atoms with Crippen LogP contribution in [0.2, 0.25) is 5.02 Å². The van der Waals surface area contributed by atoms with Gasteiger partial charge in [-0.2, -0.15) is 4.99 Å². The third kappa shape index (κ3) is 4.73. The number of amidine groups is 1. The zero-order valence-electron chi connectivity index (χ0n) is 15.6. The summed E-state index contributed by atoms with van der Waals surface area (Å²) < 4.78 is 10.5. The number of aliphatic imine (C=N–C) groups is 2. The number of methoxy groups -OCH3 is 2. The molecule has 0 fully saturated rings. The molecule has 2 atom stereocenters. The number of benzene rings is 2. The van der Waals surface area contributed by atoms with E-state index in [0.29, 0.717) is 27.9 Å². The van der Waals surface area contributed by atoms with Gasteiger partial charge in [0.2, 0.25) is 5.96 Å². The van der Waals surface area contributed by atoms with Crippen molar-refractivity contribution in [2.45, 2.75) is 12.2 Å². The van der Waals surface area contributed by atoms with Crippen molar-refractivity contribution in [3.05, 3.63) is 57.6 Å². The normalized spacial score (nSPS) is 18.3. The van der Waals surface area contributed by atoms with Gasteiger partial charge in [-0.15, -0.1) is 0 Å². The quantitative estimate of drug-likeness (QED) is 0.501. The largest absolute Gasteiger partial charge is 0.497 e. The number of hydrogen-bond acceptors (Lipinski definition) is 9. The smallest absolute Gasteiger partial charge is 0.304 e. The fraction of sp³-hybridized carbons (Fsp3) is 0.222. The topological polar surface area (TPSA) is 136 Å². The Kier molecular flexibility index (Phi) is 6.15. The molecule has 0 aromatic heterocycles. The van der Waals surface area contributed by atoms with Crippen LogP contribution in [-0.2, 0) is 0 Å². The lowest BCUT2D eigenvalue weighted by atomic mass is 10.2. The van der Waals surface area contributed by atoms with Crippen LogP contribution in [0.5, 0.6) is 11.5 Å². The minimum atomic E-state index is -1.36. The Morgan fingerprint density at radius 1 is 1.17 bits per heavy atom. The molecule has 29 heavy (non-hydrogen) atoms. The van der Waals surface area contributed by atoms with E-state index >= 15 is 0 Å². The summed E-state index contributed by atoms with van der Waals surface area (Å²) in [6, 6.07) is 10.5. The molecule has 4 N–H and O–H groups in total. The maximum atomic E-state index is 11.6. The van der Waals surface area contributed by atoms with Crippen LogP contribution in [0.3, 0.4) is 0 Å². The number of nitrogens with zero attached hydrogens (tertiary/aromatic N) is 3. The SMILES string of the molecule is COc1ccc(OC)c(NC2=NC(Nc3cccc(Cl)c3)=NC(N)C2[N+](=O)[O-])c1. The summed E-state index contributed by atoms with van der Waals surface area (Å²) >= 11 is 5.99. The molecule has 11 heteroatoms. The number of nitro groups is 1. The Bertz CT molecular complexity index is 981. The Labute approximate surface area is 171 Å². The van der Waals surface area contributed by atoms with Crippen molar-refractivity contribution in [3.8, 4) is 11.5 Å². The number of rotatable bonds is 5. The first-order valence-electron chi connectivity index (χ1n) is 8.48. The van der Waals surface area contributed by atoms with Gasteiger partial charge in [-0.25, -0.2) is 4.99 Å². The average Bonchev–Trinajstić information content (AvgIpc) is 2.67. The predicted molar refractivity (Wildman–Crippen MR) is 112 cm³/mol. The van der Waals surface area contributed by atoms with E-state index in [1.807, 2.05) is 0 Å². The van der Waals surface area contributed by atoms with Crippen molar-refractivity contribution in [1.82, 2.24) is 0 Å². The molecule has 10 nitrogen and oxygen atoms in total. The van der Waals surface area contributed by atoms with Crippen molar-refractivity contribution < 1.29 is 14.4 Å². The van der Waals surface area contributed by atoms with Crippen LogP contribution in [-0.4, -0.2) is 43.1 Å². The lowest BCUT2D eigenvalue weighted by Crippen LogP contribution is -2.51. The van der Waals surface area contributed by atoms with Gasteiger partial charge in [0.1, 0.15) is 11.5 Å². The van der Waals surface area contributed by atoms with E-state index in [0.717, 1.165) is 0 Å². The van der Waals surface area contributed by atoms with Gasteiger partial charge >= 0.3 is 6.04 Å². The van der Waals surface area contributed by atoms with E-state index in [-0.39, 0.29) is 11.8 Å². The van der Waals surface area contributed by atoms with Crippen LogP contribution in [0.25, 0.3) is 0 Å². The third-order valence-corrected chi connectivity index (χ3v) is 4.31. The summed E-state index contributed by atoms with van der Waals surface area (Å²) in [6.07, 6.45) is -1.15. The minimum absolute atomic E-state index is 0.00795. The number of hydrogen-bond donors (Lipinski definition) is 3. The van der Waals surface area contributed by atoms with E-state index < -0.39 is 17.1 Å². The first-order chi connectivity index (χ1) is 13.9. The molecule has 0 amide bonds. The van der Waals surface area contributed by atoms with E-state index in [4.69, 9.17) is 26.8 Å². The molecule has 2 aromatic carbocycles. The lowest BCUT2D eigenvalue weighted by molar-refractivity contribution is -0.505. The Morgan fingerprint density at radius 2 is 1.97 bits per heavy atom. The highest BCUT2D eigenvalue weighted by Gasteiger charge is 2.38. The molecule has 1 heterocycles. The molecule has 1 aliphatic heterocycles. The molecular formula is C18H19ClN6O4. The first kappa shape index (κ1) is 20.4. The van der Waals surface area contributed by atoms with Gasteiger partial charge in [-0.05, 0) is 30.3 Å². The second kappa shape index (κ2) is 8.76. The van der Waals surface area contributed by atoms with Gasteiger partial charge in [0.25, 0.3) is 0 Å². The lowest BCUT2D eigenvalue weighted by Gasteiger charge is -2.23. The van der Waals surface area contributed by atoms with Crippen LogP contribution < -0.4 is 25.8 Å². The monoisotopic (exact) mass is 418 g/mol. The molecule has 2 aromatic rings. The fourth-order valence-electron chi connectivity index (χ4n) is 2.71. The highest BCUT2D eigenvalue weighted by atomic mass is 35.5. The fourth-order valence-corrected chi connectivity index (χ4v) is 2.90. The van der Waals surface area contributed by atoms with Crippen LogP contribution >= 0.6 is 11.6 Å². The van der Waals surface area contributed by atoms with Crippen molar-refractivity contribution in [3.63, 3.8) is 0 Å². The van der Waals surface area contributed by atoms with E-state index in [1.54, 1.807) is 42.5 Å².